The predicted molar refractivity (Wildman–Crippen MR) is 113 cm³/mol. The van der Waals surface area contributed by atoms with Gasteiger partial charge in [0.2, 0.25) is 0 Å². The molecule has 3 aromatic heterocycles. The first kappa shape index (κ1) is 19.9. The number of aromatic nitrogens is 3. The molecular formula is C19H21N5O3S2. The van der Waals surface area contributed by atoms with Crippen LogP contribution in [0.2, 0.25) is 0 Å². The smallest absolute Gasteiger partial charge is 0.311 e. The van der Waals surface area contributed by atoms with Crippen molar-refractivity contribution in [3.8, 4) is 11.4 Å². The van der Waals surface area contributed by atoms with Gasteiger partial charge in [-0.25, -0.2) is 9.97 Å². The van der Waals surface area contributed by atoms with Gasteiger partial charge in [-0.3, -0.25) is 4.98 Å². The molecular weight excluding hydrogens is 410 g/mol. The van der Waals surface area contributed by atoms with Crippen LogP contribution in [-0.2, 0) is 15.2 Å². The first-order chi connectivity index (χ1) is 14.1. The Morgan fingerprint density at radius 3 is 2.86 bits per heavy atom. The van der Waals surface area contributed by atoms with Crippen molar-refractivity contribution >= 4 is 37.9 Å². The minimum Gasteiger partial charge on any atom is -0.378 e. The lowest BCUT2D eigenvalue weighted by Crippen LogP contribution is -2.36. The van der Waals surface area contributed by atoms with E-state index in [2.05, 4.69) is 27.2 Å². The molecule has 0 radical (unpaired) electrons. The van der Waals surface area contributed by atoms with Crippen molar-refractivity contribution in [1.82, 2.24) is 15.0 Å². The molecule has 152 valence electrons. The van der Waals surface area contributed by atoms with Gasteiger partial charge in [0.1, 0.15) is 0 Å². The largest absolute Gasteiger partial charge is 0.378 e. The van der Waals surface area contributed by atoms with Crippen LogP contribution in [0.3, 0.4) is 0 Å². The zero-order valence-corrected chi connectivity index (χ0v) is 17.6. The molecule has 0 bridgehead atoms. The van der Waals surface area contributed by atoms with Crippen LogP contribution in [0.4, 0.5) is 5.82 Å². The molecule has 0 aromatic carbocycles. The third kappa shape index (κ3) is 4.60. The van der Waals surface area contributed by atoms with Gasteiger partial charge < -0.3 is 9.64 Å². The predicted octanol–water partition coefficient (Wildman–Crippen LogP) is 3.15. The zero-order chi connectivity index (χ0) is 20.2. The molecule has 0 spiro atoms. The second-order valence-electron chi connectivity index (χ2n) is 6.83. The first-order valence-electron chi connectivity index (χ1n) is 9.43. The summed E-state index contributed by atoms with van der Waals surface area (Å²) in [4.78, 5) is 17.3. The van der Waals surface area contributed by atoms with Crippen LogP contribution in [-0.4, -0.2) is 56.2 Å². The van der Waals surface area contributed by atoms with E-state index in [1.807, 2.05) is 12.1 Å². The second-order valence-corrected chi connectivity index (χ2v) is 8.61. The van der Waals surface area contributed by atoms with E-state index in [1.165, 1.54) is 0 Å². The maximum Gasteiger partial charge on any atom is 0.311 e. The first-order valence-corrected chi connectivity index (χ1v) is 11.3. The summed E-state index contributed by atoms with van der Waals surface area (Å²) in [7, 11) is -2.35. The van der Waals surface area contributed by atoms with Crippen LogP contribution >= 0.6 is 11.3 Å². The summed E-state index contributed by atoms with van der Waals surface area (Å²) >= 11 is 1.67. The summed E-state index contributed by atoms with van der Waals surface area (Å²) in [6.45, 7) is 5.30. The molecule has 8 nitrogen and oxygen atoms in total. The van der Waals surface area contributed by atoms with Gasteiger partial charge in [0.15, 0.2) is 11.6 Å². The van der Waals surface area contributed by atoms with E-state index in [0.717, 1.165) is 39.6 Å². The summed E-state index contributed by atoms with van der Waals surface area (Å²) in [5.41, 5.74) is 1.78. The number of ether oxygens (including phenoxy) is 1. The van der Waals surface area contributed by atoms with Gasteiger partial charge in [0.05, 0.1) is 30.0 Å². The fraction of sp³-hybridized carbons (Fsp3) is 0.421. The van der Waals surface area contributed by atoms with Gasteiger partial charge in [-0.15, -0.1) is 11.3 Å². The lowest BCUT2D eigenvalue weighted by Gasteiger charge is -2.28. The van der Waals surface area contributed by atoms with E-state index < -0.39 is 10.5 Å². The highest BCUT2D eigenvalue weighted by atomic mass is 32.2. The molecule has 1 aliphatic heterocycles. The monoisotopic (exact) mass is 431 g/mol. The van der Waals surface area contributed by atoms with Crippen molar-refractivity contribution in [1.29, 1.82) is 0 Å². The SMILES string of the molecule is CC(CCN=S(=O)=O)c1cc2nc(-c3cccnc3)nc(N3CCOCC3)c2s1. The number of anilines is 1. The summed E-state index contributed by atoms with van der Waals surface area (Å²) in [6.07, 6.45) is 4.16. The van der Waals surface area contributed by atoms with Crippen molar-refractivity contribution in [3.05, 3.63) is 35.5 Å². The number of pyridine rings is 1. The third-order valence-corrected chi connectivity index (χ3v) is 6.59. The minimum absolute atomic E-state index is 0.181. The van der Waals surface area contributed by atoms with Crippen LogP contribution in [0.25, 0.3) is 21.6 Å². The Labute approximate surface area is 174 Å². The molecule has 0 saturated carbocycles. The van der Waals surface area contributed by atoms with E-state index in [9.17, 15) is 8.42 Å². The average molecular weight is 432 g/mol. The fourth-order valence-electron chi connectivity index (χ4n) is 3.25. The fourth-order valence-corrected chi connectivity index (χ4v) is 4.71. The Morgan fingerprint density at radius 2 is 2.14 bits per heavy atom. The quantitative estimate of drug-likeness (QED) is 0.591. The Morgan fingerprint density at radius 1 is 1.31 bits per heavy atom. The van der Waals surface area contributed by atoms with Crippen LogP contribution in [0, 0.1) is 0 Å². The van der Waals surface area contributed by atoms with Gasteiger partial charge in [0, 0.05) is 35.9 Å². The molecule has 4 rings (SSSR count). The highest BCUT2D eigenvalue weighted by Gasteiger charge is 2.21. The molecule has 29 heavy (non-hydrogen) atoms. The number of nitrogens with zero attached hydrogens (tertiary/aromatic N) is 5. The summed E-state index contributed by atoms with van der Waals surface area (Å²) in [5, 5.41) is 0. The molecule has 0 amide bonds. The van der Waals surface area contributed by atoms with Crippen molar-refractivity contribution in [2.24, 2.45) is 4.36 Å². The van der Waals surface area contributed by atoms with E-state index in [-0.39, 0.29) is 12.5 Å². The van der Waals surface area contributed by atoms with Gasteiger partial charge in [-0.05, 0) is 30.5 Å². The number of morpholine rings is 1. The topological polar surface area (TPSA) is 97.6 Å². The van der Waals surface area contributed by atoms with Gasteiger partial charge >= 0.3 is 10.5 Å². The minimum atomic E-state index is -2.35. The van der Waals surface area contributed by atoms with Crippen molar-refractivity contribution in [2.75, 3.05) is 37.7 Å². The number of fused-ring (bicyclic) bond motifs is 1. The lowest BCUT2D eigenvalue weighted by molar-refractivity contribution is 0.122. The second kappa shape index (κ2) is 8.93. The molecule has 3 aromatic rings. The zero-order valence-electron chi connectivity index (χ0n) is 16.0. The molecule has 0 N–H and O–H groups in total. The standard InChI is InChI=1S/C19H21N5O3S2/c1-13(4-6-21-29(25)26)16-11-15-17(28-16)19(24-7-9-27-10-8-24)23-18(22-15)14-3-2-5-20-12-14/h2-3,5,11-13H,4,6-10H2,1H3. The molecule has 0 aliphatic carbocycles. The maximum absolute atomic E-state index is 10.6. The molecule has 1 fully saturated rings. The number of rotatable bonds is 6. The molecule has 1 unspecified atom stereocenters. The van der Waals surface area contributed by atoms with Crippen LogP contribution in [0.15, 0.2) is 35.0 Å². The maximum atomic E-state index is 10.6. The lowest BCUT2D eigenvalue weighted by atomic mass is 10.1. The summed E-state index contributed by atoms with van der Waals surface area (Å²) in [6, 6.07) is 5.92. The molecule has 1 saturated heterocycles. The highest BCUT2D eigenvalue weighted by molar-refractivity contribution is 7.61. The molecule has 1 aliphatic rings. The Bertz CT molecular complexity index is 1120. The van der Waals surface area contributed by atoms with E-state index in [4.69, 9.17) is 14.7 Å². The van der Waals surface area contributed by atoms with Gasteiger partial charge in [-0.2, -0.15) is 12.8 Å². The number of thiophene rings is 1. The van der Waals surface area contributed by atoms with Gasteiger partial charge in [-0.1, -0.05) is 6.92 Å². The summed E-state index contributed by atoms with van der Waals surface area (Å²) < 4.78 is 31.4. The van der Waals surface area contributed by atoms with Crippen molar-refractivity contribution in [3.63, 3.8) is 0 Å². The average Bonchev–Trinajstić information content (AvgIpc) is 3.18. The molecule has 4 heterocycles. The molecule has 10 heteroatoms. The van der Waals surface area contributed by atoms with E-state index in [1.54, 1.807) is 23.7 Å². The van der Waals surface area contributed by atoms with Gasteiger partial charge in [0.25, 0.3) is 0 Å². The highest BCUT2D eigenvalue weighted by Crippen LogP contribution is 2.37. The Hall–Kier alpha value is -2.43. The third-order valence-electron chi connectivity index (χ3n) is 4.85. The van der Waals surface area contributed by atoms with E-state index in [0.29, 0.717) is 25.5 Å². The Kier molecular flexibility index (Phi) is 6.12. The van der Waals surface area contributed by atoms with Crippen LogP contribution in [0.5, 0.6) is 0 Å². The Balaban J connectivity index is 1.75. The van der Waals surface area contributed by atoms with Crippen molar-refractivity contribution < 1.29 is 13.2 Å². The van der Waals surface area contributed by atoms with Crippen molar-refractivity contribution in [2.45, 2.75) is 19.3 Å². The van der Waals surface area contributed by atoms with Crippen LogP contribution < -0.4 is 4.90 Å². The number of hydrogen-bond donors (Lipinski definition) is 0. The van der Waals surface area contributed by atoms with E-state index >= 15 is 0 Å². The molecule has 1 atom stereocenters. The normalized spacial score (nSPS) is 15.4. The van der Waals surface area contributed by atoms with Crippen LogP contribution in [0.1, 0.15) is 24.1 Å². The summed E-state index contributed by atoms with van der Waals surface area (Å²) in [5.74, 6) is 1.76. The number of hydrogen-bond acceptors (Lipinski definition) is 9.